The number of nitrogens with zero attached hydrogens (tertiary/aromatic N) is 3. The number of nitro groups is 1. The number of rotatable bonds is 5. The van der Waals surface area contributed by atoms with E-state index in [2.05, 4.69) is 4.90 Å². The molecule has 0 bridgehead atoms. The predicted molar refractivity (Wildman–Crippen MR) is 108 cm³/mol. The van der Waals surface area contributed by atoms with Gasteiger partial charge in [-0.05, 0) is 25.0 Å². The zero-order chi connectivity index (χ0) is 19.9. The highest BCUT2D eigenvalue weighted by Gasteiger charge is 2.18. The first-order valence-corrected chi connectivity index (χ1v) is 9.35. The Morgan fingerprint density at radius 2 is 1.75 bits per heavy atom. The van der Waals surface area contributed by atoms with E-state index in [1.807, 2.05) is 6.07 Å². The molecule has 1 aliphatic heterocycles. The van der Waals surface area contributed by atoms with Gasteiger partial charge in [-0.15, -0.1) is 0 Å². The van der Waals surface area contributed by atoms with Crippen LogP contribution in [0, 0.1) is 21.4 Å². The number of allylic oxidation sites excluding steroid dienone is 1. The smallest absolute Gasteiger partial charge is 0.270 e. The van der Waals surface area contributed by atoms with Gasteiger partial charge in [-0.25, -0.2) is 0 Å². The molecule has 0 unspecified atom stereocenters. The summed E-state index contributed by atoms with van der Waals surface area (Å²) in [5.41, 5.74) is 1.66. The van der Waals surface area contributed by atoms with Crippen molar-refractivity contribution in [3.8, 4) is 6.07 Å². The third kappa shape index (κ3) is 4.44. The van der Waals surface area contributed by atoms with E-state index in [9.17, 15) is 20.2 Å². The summed E-state index contributed by atoms with van der Waals surface area (Å²) >= 11 is 0. The first-order chi connectivity index (χ1) is 13.6. The van der Waals surface area contributed by atoms with Crippen molar-refractivity contribution in [1.82, 2.24) is 0 Å². The number of carbonyl (C=O) groups is 1. The molecule has 0 radical (unpaired) electrons. The molecule has 1 heterocycles. The van der Waals surface area contributed by atoms with Gasteiger partial charge in [0, 0.05) is 42.0 Å². The van der Waals surface area contributed by atoms with Gasteiger partial charge in [-0.3, -0.25) is 14.9 Å². The summed E-state index contributed by atoms with van der Waals surface area (Å²) in [6.45, 7) is 1.71. The average Bonchev–Trinajstić information content (AvgIpc) is 3.01. The van der Waals surface area contributed by atoms with E-state index in [1.165, 1.54) is 18.2 Å². The maximum Gasteiger partial charge on any atom is 0.270 e. The maximum absolute atomic E-state index is 12.7. The lowest BCUT2D eigenvalue weighted by Crippen LogP contribution is -2.24. The Morgan fingerprint density at radius 3 is 2.36 bits per heavy atom. The fraction of sp³-hybridized carbons (Fsp3) is 0.273. The van der Waals surface area contributed by atoms with Crippen LogP contribution in [-0.4, -0.2) is 23.8 Å². The van der Waals surface area contributed by atoms with Gasteiger partial charge < -0.3 is 4.90 Å². The first kappa shape index (κ1) is 19.3. The lowest BCUT2D eigenvalue weighted by molar-refractivity contribution is -0.384. The van der Waals surface area contributed by atoms with Crippen molar-refractivity contribution in [2.75, 3.05) is 18.0 Å². The second-order valence-electron chi connectivity index (χ2n) is 6.77. The van der Waals surface area contributed by atoms with Gasteiger partial charge in [0.1, 0.15) is 11.6 Å². The second-order valence-corrected chi connectivity index (χ2v) is 6.77. The van der Waals surface area contributed by atoms with Crippen LogP contribution < -0.4 is 4.90 Å². The highest BCUT2D eigenvalue weighted by molar-refractivity contribution is 6.14. The third-order valence-corrected chi connectivity index (χ3v) is 4.87. The third-order valence-electron chi connectivity index (χ3n) is 4.87. The highest BCUT2D eigenvalue weighted by Crippen LogP contribution is 2.30. The van der Waals surface area contributed by atoms with Gasteiger partial charge in [0.2, 0.25) is 5.78 Å². The van der Waals surface area contributed by atoms with Crippen LogP contribution in [0.2, 0.25) is 0 Å². The van der Waals surface area contributed by atoms with Gasteiger partial charge in [0.15, 0.2) is 0 Å². The quantitative estimate of drug-likeness (QED) is 0.247. The van der Waals surface area contributed by atoms with Crippen molar-refractivity contribution in [2.24, 2.45) is 0 Å². The molecule has 6 nitrogen and oxygen atoms in total. The lowest BCUT2D eigenvalue weighted by atomic mass is 10.0. The number of carbonyl (C=O) groups excluding carboxylic acids is 1. The van der Waals surface area contributed by atoms with Crippen LogP contribution in [0.3, 0.4) is 0 Å². The molecule has 1 saturated heterocycles. The molecular formula is C22H21N3O3. The molecule has 1 aliphatic rings. The van der Waals surface area contributed by atoms with Gasteiger partial charge in [-0.2, -0.15) is 5.26 Å². The maximum atomic E-state index is 12.7. The summed E-state index contributed by atoms with van der Waals surface area (Å²) in [6.07, 6.45) is 5.89. The average molecular weight is 375 g/mol. The number of nitriles is 1. The van der Waals surface area contributed by atoms with E-state index in [0.717, 1.165) is 44.5 Å². The molecular weight excluding hydrogens is 354 g/mol. The summed E-state index contributed by atoms with van der Waals surface area (Å²) in [4.78, 5) is 25.7. The van der Waals surface area contributed by atoms with Crippen molar-refractivity contribution in [2.45, 2.75) is 25.7 Å². The minimum absolute atomic E-state index is 0.0391. The topological polar surface area (TPSA) is 87.2 Å². The number of hydrogen-bond acceptors (Lipinski definition) is 5. The summed E-state index contributed by atoms with van der Waals surface area (Å²) in [6, 6.07) is 15.2. The fourth-order valence-electron chi connectivity index (χ4n) is 3.42. The highest BCUT2D eigenvalue weighted by atomic mass is 16.6. The van der Waals surface area contributed by atoms with Crippen LogP contribution in [0.5, 0.6) is 0 Å². The molecule has 0 amide bonds. The van der Waals surface area contributed by atoms with Crippen LogP contribution >= 0.6 is 0 Å². The van der Waals surface area contributed by atoms with Gasteiger partial charge >= 0.3 is 0 Å². The zero-order valence-corrected chi connectivity index (χ0v) is 15.5. The number of non-ortho nitro benzene ring substituents is 1. The summed E-state index contributed by atoms with van der Waals surface area (Å²) < 4.78 is 0. The number of anilines is 1. The number of hydrogen-bond donors (Lipinski definition) is 0. The second kappa shape index (κ2) is 8.96. The molecule has 6 heteroatoms. The molecule has 28 heavy (non-hydrogen) atoms. The van der Waals surface area contributed by atoms with E-state index in [4.69, 9.17) is 0 Å². The molecule has 3 rings (SSSR count). The Balaban J connectivity index is 2.05. The Bertz CT molecular complexity index is 937. The minimum atomic E-state index is -0.464. The number of ketones is 1. The summed E-state index contributed by atoms with van der Waals surface area (Å²) in [5.74, 6) is -0.392. The normalized spacial score (nSPS) is 14.8. The SMILES string of the molecule is N#C/C(=C/c1cc([N+](=O)[O-])ccc1N1CCCCCC1)C(=O)c1ccccc1. The first-order valence-electron chi connectivity index (χ1n) is 9.35. The van der Waals surface area contributed by atoms with Crippen molar-refractivity contribution in [3.63, 3.8) is 0 Å². The molecule has 0 aromatic heterocycles. The van der Waals surface area contributed by atoms with Gasteiger partial charge in [-0.1, -0.05) is 43.2 Å². The molecule has 0 N–H and O–H groups in total. The van der Waals surface area contributed by atoms with Crippen LogP contribution in [0.1, 0.15) is 41.6 Å². The van der Waals surface area contributed by atoms with E-state index >= 15 is 0 Å². The molecule has 1 fully saturated rings. The Morgan fingerprint density at radius 1 is 1.07 bits per heavy atom. The van der Waals surface area contributed by atoms with Crippen molar-refractivity contribution in [3.05, 3.63) is 75.3 Å². The lowest BCUT2D eigenvalue weighted by Gasteiger charge is -2.24. The zero-order valence-electron chi connectivity index (χ0n) is 15.5. The van der Waals surface area contributed by atoms with E-state index in [1.54, 1.807) is 36.4 Å². The molecule has 2 aromatic rings. The Kier molecular flexibility index (Phi) is 6.18. The number of nitro benzene ring substituents is 1. The van der Waals surface area contributed by atoms with E-state index in [-0.39, 0.29) is 11.3 Å². The molecule has 142 valence electrons. The van der Waals surface area contributed by atoms with E-state index in [0.29, 0.717) is 11.1 Å². The van der Waals surface area contributed by atoms with Crippen LogP contribution in [0.4, 0.5) is 11.4 Å². The molecule has 0 spiro atoms. The van der Waals surface area contributed by atoms with Crippen LogP contribution in [0.15, 0.2) is 54.1 Å². The summed E-state index contributed by atoms with van der Waals surface area (Å²) in [5, 5.41) is 20.8. The largest absolute Gasteiger partial charge is 0.371 e. The Labute approximate surface area is 163 Å². The van der Waals surface area contributed by atoms with Gasteiger partial charge in [0.25, 0.3) is 5.69 Å². The summed E-state index contributed by atoms with van der Waals surface area (Å²) in [7, 11) is 0. The van der Waals surface area contributed by atoms with Gasteiger partial charge in [0.05, 0.1) is 4.92 Å². The molecule has 0 aliphatic carbocycles. The number of benzene rings is 2. The van der Waals surface area contributed by atoms with Crippen LogP contribution in [0.25, 0.3) is 6.08 Å². The molecule has 0 saturated carbocycles. The monoisotopic (exact) mass is 375 g/mol. The van der Waals surface area contributed by atoms with Crippen molar-refractivity contribution >= 4 is 23.2 Å². The Hall–Kier alpha value is -3.46. The minimum Gasteiger partial charge on any atom is -0.371 e. The number of Topliss-reactive ketones (excluding diaryl/α,β-unsaturated/α-hetero) is 1. The van der Waals surface area contributed by atoms with Crippen LogP contribution in [-0.2, 0) is 0 Å². The standard InChI is InChI=1S/C22H21N3O3/c23-16-19(22(26)17-8-4-3-5-9-17)14-18-15-20(25(27)28)10-11-21(18)24-12-6-1-2-7-13-24/h3-5,8-11,14-15H,1-2,6-7,12-13H2/b19-14-. The molecule has 2 aromatic carbocycles. The fourth-order valence-corrected chi connectivity index (χ4v) is 3.42. The predicted octanol–water partition coefficient (Wildman–Crippen LogP) is 4.77. The molecule has 0 atom stereocenters. The van der Waals surface area contributed by atoms with Crippen molar-refractivity contribution < 1.29 is 9.72 Å². The van der Waals surface area contributed by atoms with Crippen molar-refractivity contribution in [1.29, 1.82) is 5.26 Å². The van der Waals surface area contributed by atoms with E-state index < -0.39 is 10.7 Å².